The van der Waals surface area contributed by atoms with Crippen molar-refractivity contribution < 1.29 is 4.74 Å². The summed E-state index contributed by atoms with van der Waals surface area (Å²) in [6.07, 6.45) is 5.52. The number of rotatable bonds is 2. The third-order valence-corrected chi connectivity index (χ3v) is 3.47. The highest BCUT2D eigenvalue weighted by Gasteiger charge is 2.40. The van der Waals surface area contributed by atoms with E-state index in [1.165, 1.54) is 12.6 Å². The van der Waals surface area contributed by atoms with Crippen LogP contribution >= 0.6 is 0 Å². The summed E-state index contributed by atoms with van der Waals surface area (Å²) >= 11 is 0. The summed E-state index contributed by atoms with van der Waals surface area (Å²) < 4.78 is 5.76. The molecule has 88 valence electrons. The topological polar surface area (TPSA) is 84.0 Å². The molecule has 3 N–H and O–H groups in total. The maximum atomic E-state index is 8.74. The predicted octanol–water partition coefficient (Wildman–Crippen LogP) is 1.27. The lowest BCUT2D eigenvalue weighted by molar-refractivity contribution is 0.102. The third-order valence-electron chi connectivity index (χ3n) is 3.47. The number of nitrogens with one attached hydrogen (secondary N) is 1. The van der Waals surface area contributed by atoms with Crippen molar-refractivity contribution >= 4 is 11.5 Å². The van der Waals surface area contributed by atoms with Crippen molar-refractivity contribution in [2.45, 2.75) is 37.5 Å². The molecule has 1 aromatic heterocycles. The van der Waals surface area contributed by atoms with Crippen LogP contribution in [0.1, 0.15) is 24.8 Å². The van der Waals surface area contributed by atoms with Gasteiger partial charge in [-0.15, -0.1) is 0 Å². The lowest BCUT2D eigenvalue weighted by Crippen LogP contribution is -2.31. The number of hydrogen-bond donors (Lipinski definition) is 2. The second-order valence-corrected chi connectivity index (χ2v) is 4.63. The predicted molar refractivity (Wildman–Crippen MR) is 63.3 cm³/mol. The van der Waals surface area contributed by atoms with Gasteiger partial charge in [0.2, 0.25) is 0 Å². The van der Waals surface area contributed by atoms with Crippen molar-refractivity contribution in [2.24, 2.45) is 0 Å². The van der Waals surface area contributed by atoms with Gasteiger partial charge in [-0.05, 0) is 25.3 Å². The smallest absolute Gasteiger partial charge is 0.149 e. The first-order valence-corrected chi connectivity index (χ1v) is 5.84. The molecule has 3 atom stereocenters. The van der Waals surface area contributed by atoms with Gasteiger partial charge in [0, 0.05) is 6.20 Å². The van der Waals surface area contributed by atoms with Crippen molar-refractivity contribution in [1.29, 1.82) is 5.26 Å². The minimum absolute atomic E-state index is 0.289. The number of nitriles is 1. The Balaban J connectivity index is 1.75. The van der Waals surface area contributed by atoms with E-state index in [2.05, 4.69) is 10.3 Å². The quantitative estimate of drug-likeness (QED) is 0.799. The maximum Gasteiger partial charge on any atom is 0.149 e. The number of nitrogens with zero attached hydrogens (tertiary/aromatic N) is 2. The highest BCUT2D eigenvalue weighted by molar-refractivity contribution is 5.63. The number of ether oxygens (including phenoxy) is 1. The van der Waals surface area contributed by atoms with Gasteiger partial charge in [-0.1, -0.05) is 0 Å². The van der Waals surface area contributed by atoms with Gasteiger partial charge in [0.15, 0.2) is 0 Å². The Labute approximate surface area is 99.6 Å². The van der Waals surface area contributed by atoms with E-state index in [0.717, 1.165) is 12.8 Å². The molecular weight excluding hydrogens is 216 g/mol. The molecule has 0 aromatic carbocycles. The minimum atomic E-state index is 0.289. The monoisotopic (exact) mass is 230 g/mol. The zero-order valence-corrected chi connectivity index (χ0v) is 9.39. The van der Waals surface area contributed by atoms with Gasteiger partial charge >= 0.3 is 0 Å². The van der Waals surface area contributed by atoms with Crippen LogP contribution in [0.3, 0.4) is 0 Å². The van der Waals surface area contributed by atoms with Gasteiger partial charge in [-0.2, -0.15) is 5.26 Å². The van der Waals surface area contributed by atoms with Crippen molar-refractivity contribution in [1.82, 2.24) is 4.98 Å². The number of hydrogen-bond acceptors (Lipinski definition) is 5. The van der Waals surface area contributed by atoms with Gasteiger partial charge in [-0.25, -0.2) is 4.98 Å². The van der Waals surface area contributed by atoms with E-state index in [-0.39, 0.29) is 6.10 Å². The Kier molecular flexibility index (Phi) is 2.37. The van der Waals surface area contributed by atoms with E-state index in [0.29, 0.717) is 29.2 Å². The molecule has 0 radical (unpaired) electrons. The Morgan fingerprint density at radius 1 is 1.53 bits per heavy atom. The normalized spacial score (nSPS) is 30.2. The Morgan fingerprint density at radius 2 is 2.41 bits per heavy atom. The molecule has 0 spiro atoms. The standard InChI is InChI=1S/C12H14N4O/c13-5-7-3-9(14)12(15-6-7)16-10-4-8-1-2-11(10)17-8/h3,6,8,10-11H,1-2,4,14H2,(H,15,16). The molecule has 3 unspecified atom stereocenters. The molecule has 0 saturated carbocycles. The first kappa shape index (κ1) is 10.4. The van der Waals surface area contributed by atoms with Crippen LogP contribution < -0.4 is 11.1 Å². The van der Waals surface area contributed by atoms with Crippen molar-refractivity contribution in [3.05, 3.63) is 17.8 Å². The molecule has 17 heavy (non-hydrogen) atoms. The fraction of sp³-hybridized carbons (Fsp3) is 0.500. The number of pyridine rings is 1. The molecular formula is C12H14N4O. The van der Waals surface area contributed by atoms with Gasteiger partial charge < -0.3 is 15.8 Å². The summed E-state index contributed by atoms with van der Waals surface area (Å²) in [4.78, 5) is 4.18. The Bertz CT molecular complexity index is 482. The molecule has 3 heterocycles. The van der Waals surface area contributed by atoms with Gasteiger partial charge in [0.1, 0.15) is 11.9 Å². The van der Waals surface area contributed by atoms with Gasteiger partial charge in [0.25, 0.3) is 0 Å². The summed E-state index contributed by atoms with van der Waals surface area (Å²) in [7, 11) is 0. The number of fused-ring (bicyclic) bond motifs is 2. The third kappa shape index (κ3) is 1.81. The number of nitrogens with two attached hydrogens (primary N) is 1. The largest absolute Gasteiger partial charge is 0.396 e. The maximum absolute atomic E-state index is 8.74. The van der Waals surface area contributed by atoms with Gasteiger partial charge in [0.05, 0.1) is 29.5 Å². The molecule has 1 aromatic rings. The molecule has 2 fully saturated rings. The SMILES string of the molecule is N#Cc1cnc(NC2CC3CCC2O3)c(N)c1. The molecule has 0 aliphatic carbocycles. The van der Waals surface area contributed by atoms with Crippen LogP contribution in [0.4, 0.5) is 11.5 Å². The highest BCUT2D eigenvalue weighted by atomic mass is 16.5. The van der Waals surface area contributed by atoms with Crippen LogP contribution in [0.15, 0.2) is 12.3 Å². The van der Waals surface area contributed by atoms with Crippen LogP contribution in [0.25, 0.3) is 0 Å². The average Bonchev–Trinajstić information content (AvgIpc) is 2.93. The average molecular weight is 230 g/mol. The summed E-state index contributed by atoms with van der Waals surface area (Å²) in [6.45, 7) is 0. The van der Waals surface area contributed by atoms with E-state index < -0.39 is 0 Å². The van der Waals surface area contributed by atoms with Gasteiger partial charge in [-0.3, -0.25) is 0 Å². The molecule has 2 aliphatic heterocycles. The summed E-state index contributed by atoms with van der Waals surface area (Å²) in [6, 6.07) is 3.97. The molecule has 0 amide bonds. The summed E-state index contributed by atoms with van der Waals surface area (Å²) in [5, 5.41) is 12.1. The minimum Gasteiger partial charge on any atom is -0.396 e. The molecule has 2 saturated heterocycles. The first-order chi connectivity index (χ1) is 8.26. The van der Waals surface area contributed by atoms with Crippen LogP contribution in [0, 0.1) is 11.3 Å². The Hall–Kier alpha value is -1.80. The van der Waals surface area contributed by atoms with Crippen molar-refractivity contribution in [3.8, 4) is 6.07 Å². The summed E-state index contributed by atoms with van der Waals surface area (Å²) in [5.41, 5.74) is 6.86. The van der Waals surface area contributed by atoms with Crippen molar-refractivity contribution in [2.75, 3.05) is 11.1 Å². The fourth-order valence-corrected chi connectivity index (χ4v) is 2.63. The fourth-order valence-electron chi connectivity index (χ4n) is 2.63. The van der Waals surface area contributed by atoms with Crippen LogP contribution in [-0.2, 0) is 4.74 Å². The second-order valence-electron chi connectivity index (χ2n) is 4.63. The van der Waals surface area contributed by atoms with E-state index in [1.54, 1.807) is 6.07 Å². The van der Waals surface area contributed by atoms with Crippen LogP contribution in [0.5, 0.6) is 0 Å². The van der Waals surface area contributed by atoms with E-state index in [1.807, 2.05) is 6.07 Å². The first-order valence-electron chi connectivity index (χ1n) is 5.84. The van der Waals surface area contributed by atoms with Crippen LogP contribution in [0.2, 0.25) is 0 Å². The van der Waals surface area contributed by atoms with E-state index in [4.69, 9.17) is 15.7 Å². The van der Waals surface area contributed by atoms with Crippen LogP contribution in [-0.4, -0.2) is 23.2 Å². The van der Waals surface area contributed by atoms with Crippen molar-refractivity contribution in [3.63, 3.8) is 0 Å². The number of aromatic nitrogens is 1. The molecule has 5 heteroatoms. The Morgan fingerprint density at radius 3 is 3.00 bits per heavy atom. The molecule has 5 nitrogen and oxygen atoms in total. The molecule has 2 bridgehead atoms. The number of anilines is 2. The summed E-state index contributed by atoms with van der Waals surface area (Å²) in [5.74, 6) is 0.658. The zero-order valence-electron chi connectivity index (χ0n) is 9.39. The molecule has 2 aliphatic rings. The van der Waals surface area contributed by atoms with E-state index in [9.17, 15) is 0 Å². The second kappa shape index (κ2) is 3.90. The van der Waals surface area contributed by atoms with E-state index >= 15 is 0 Å². The lowest BCUT2D eigenvalue weighted by Gasteiger charge is -2.21. The highest BCUT2D eigenvalue weighted by Crippen LogP contribution is 2.36. The zero-order chi connectivity index (χ0) is 11.8. The number of nitrogen functional groups attached to an aromatic ring is 1. The molecule has 3 rings (SSSR count). The lowest BCUT2D eigenvalue weighted by atomic mass is 9.95.